The van der Waals surface area contributed by atoms with Crippen LogP contribution >= 0.6 is 11.8 Å². The van der Waals surface area contributed by atoms with Crippen molar-refractivity contribution in [3.63, 3.8) is 0 Å². The minimum Gasteiger partial charge on any atom is -0.329 e. The summed E-state index contributed by atoms with van der Waals surface area (Å²) in [4.78, 5) is 5.20. The summed E-state index contributed by atoms with van der Waals surface area (Å²) in [6.45, 7) is 18.2. The fourth-order valence-electron chi connectivity index (χ4n) is 3.68. The Morgan fingerprint density at radius 1 is 1.05 bits per heavy atom. The third kappa shape index (κ3) is 4.37. The van der Waals surface area contributed by atoms with E-state index < -0.39 is 0 Å². The van der Waals surface area contributed by atoms with Crippen LogP contribution in [0.1, 0.15) is 47.5 Å². The summed E-state index contributed by atoms with van der Waals surface area (Å²) in [5.41, 5.74) is 6.80. The normalized spacial score (nSPS) is 25.7. The van der Waals surface area contributed by atoms with Gasteiger partial charge in [-0.1, -0.05) is 34.6 Å². The lowest BCUT2D eigenvalue weighted by atomic mass is 9.69. The molecule has 0 aromatic heterocycles. The zero-order valence-corrected chi connectivity index (χ0v) is 15.8. The van der Waals surface area contributed by atoms with Gasteiger partial charge < -0.3 is 10.6 Å². The molecule has 0 aromatic rings. The first kappa shape index (κ1) is 19.3. The molecular formula is C17H37N3S. The predicted molar refractivity (Wildman–Crippen MR) is 97.2 cm³/mol. The highest BCUT2D eigenvalue weighted by Gasteiger charge is 2.49. The van der Waals surface area contributed by atoms with Gasteiger partial charge in [-0.15, -0.1) is 0 Å². The summed E-state index contributed by atoms with van der Waals surface area (Å²) in [6.07, 6.45) is 2.53. The van der Waals surface area contributed by atoms with E-state index in [9.17, 15) is 0 Å². The highest BCUT2D eigenvalue weighted by Crippen LogP contribution is 2.45. The molecule has 1 aliphatic heterocycles. The molecule has 1 heterocycles. The van der Waals surface area contributed by atoms with Gasteiger partial charge in [0.05, 0.1) is 0 Å². The number of hydrogen-bond donors (Lipinski definition) is 1. The molecule has 3 nitrogen and oxygen atoms in total. The zero-order chi connectivity index (χ0) is 15.9. The minimum absolute atomic E-state index is 0.175. The van der Waals surface area contributed by atoms with Crippen molar-refractivity contribution in [1.82, 2.24) is 9.80 Å². The molecule has 4 heteroatoms. The topological polar surface area (TPSA) is 32.5 Å². The molecule has 2 N–H and O–H groups in total. The molecule has 1 rings (SSSR count). The maximum atomic E-state index is 6.31. The molecule has 1 fully saturated rings. The summed E-state index contributed by atoms with van der Waals surface area (Å²) in [6, 6.07) is 0. The van der Waals surface area contributed by atoms with Crippen LogP contribution in [-0.4, -0.2) is 66.1 Å². The van der Waals surface area contributed by atoms with Crippen LogP contribution in [0.15, 0.2) is 0 Å². The van der Waals surface area contributed by atoms with Crippen LogP contribution < -0.4 is 5.73 Å². The van der Waals surface area contributed by atoms with E-state index in [2.05, 4.69) is 56.2 Å². The molecule has 0 aliphatic carbocycles. The smallest absolute Gasteiger partial charge is 0.0472 e. The van der Waals surface area contributed by atoms with E-state index in [0.717, 1.165) is 26.2 Å². The van der Waals surface area contributed by atoms with Crippen molar-refractivity contribution >= 4 is 11.8 Å². The van der Waals surface area contributed by atoms with Crippen LogP contribution in [0.4, 0.5) is 0 Å². The van der Waals surface area contributed by atoms with Gasteiger partial charge in [-0.3, -0.25) is 4.90 Å². The summed E-state index contributed by atoms with van der Waals surface area (Å²) in [5, 5.41) is 0. The maximum Gasteiger partial charge on any atom is 0.0472 e. The lowest BCUT2D eigenvalue weighted by molar-refractivity contribution is 0.00264. The van der Waals surface area contributed by atoms with Crippen molar-refractivity contribution in [2.75, 3.05) is 50.8 Å². The zero-order valence-electron chi connectivity index (χ0n) is 15.0. The molecule has 0 aromatic carbocycles. The quantitative estimate of drug-likeness (QED) is 0.709. The number of rotatable bonds is 9. The Morgan fingerprint density at radius 3 is 2.19 bits per heavy atom. The first-order valence-electron chi connectivity index (χ1n) is 8.72. The van der Waals surface area contributed by atoms with Gasteiger partial charge in [0.15, 0.2) is 0 Å². The standard InChI is InChI=1S/C17H37N3S/c1-6-19(7-2)11-9-12-20(8-3)17(14-18)15-21-13-10-16(17,4)5/h6-15,18H2,1-5H3. The highest BCUT2D eigenvalue weighted by molar-refractivity contribution is 7.99. The van der Waals surface area contributed by atoms with E-state index in [4.69, 9.17) is 5.73 Å². The van der Waals surface area contributed by atoms with Gasteiger partial charge in [-0.05, 0) is 50.2 Å². The molecule has 0 spiro atoms. The van der Waals surface area contributed by atoms with Gasteiger partial charge in [-0.25, -0.2) is 0 Å². The van der Waals surface area contributed by atoms with Crippen LogP contribution in [0.2, 0.25) is 0 Å². The third-order valence-electron chi connectivity index (χ3n) is 5.59. The Balaban J connectivity index is 2.71. The second-order valence-electron chi connectivity index (χ2n) is 6.88. The van der Waals surface area contributed by atoms with Crippen molar-refractivity contribution < 1.29 is 0 Å². The van der Waals surface area contributed by atoms with Crippen LogP contribution in [0, 0.1) is 5.41 Å². The van der Waals surface area contributed by atoms with Crippen LogP contribution in [0.25, 0.3) is 0 Å². The van der Waals surface area contributed by atoms with Gasteiger partial charge in [0.2, 0.25) is 0 Å². The lowest BCUT2D eigenvalue weighted by Gasteiger charge is -2.55. The van der Waals surface area contributed by atoms with Crippen LogP contribution in [0.3, 0.4) is 0 Å². The van der Waals surface area contributed by atoms with E-state index in [1.807, 2.05) is 0 Å². The summed E-state index contributed by atoms with van der Waals surface area (Å²) < 4.78 is 0. The van der Waals surface area contributed by atoms with Crippen molar-refractivity contribution in [3.05, 3.63) is 0 Å². The number of nitrogens with two attached hydrogens (primary N) is 1. The second kappa shape index (κ2) is 8.76. The van der Waals surface area contributed by atoms with Crippen LogP contribution in [0.5, 0.6) is 0 Å². The lowest BCUT2D eigenvalue weighted by Crippen LogP contribution is -2.66. The first-order chi connectivity index (χ1) is 9.97. The Morgan fingerprint density at radius 2 is 1.71 bits per heavy atom. The van der Waals surface area contributed by atoms with Gasteiger partial charge in [0.1, 0.15) is 0 Å². The Hall–Kier alpha value is 0.230. The first-order valence-corrected chi connectivity index (χ1v) is 9.88. The van der Waals surface area contributed by atoms with Crippen molar-refractivity contribution in [2.45, 2.75) is 53.0 Å². The molecule has 1 unspecified atom stereocenters. The Kier molecular flexibility index (Phi) is 8.04. The number of likely N-dealkylation sites (N-methyl/N-ethyl adjacent to an activating group) is 1. The summed E-state index contributed by atoms with van der Waals surface area (Å²) >= 11 is 2.09. The number of nitrogens with zero attached hydrogens (tertiary/aromatic N) is 2. The fourth-order valence-corrected chi connectivity index (χ4v) is 5.51. The highest BCUT2D eigenvalue weighted by atomic mass is 32.2. The molecule has 21 heavy (non-hydrogen) atoms. The summed E-state index contributed by atoms with van der Waals surface area (Å²) in [7, 11) is 0. The average Bonchev–Trinajstić information content (AvgIpc) is 2.48. The molecule has 0 saturated carbocycles. The van der Waals surface area contributed by atoms with E-state index in [-0.39, 0.29) is 5.54 Å². The van der Waals surface area contributed by atoms with Gasteiger partial charge >= 0.3 is 0 Å². The number of thioether (sulfide) groups is 1. The monoisotopic (exact) mass is 315 g/mol. The second-order valence-corrected chi connectivity index (χ2v) is 7.99. The third-order valence-corrected chi connectivity index (χ3v) is 6.77. The molecule has 0 amide bonds. The minimum atomic E-state index is 0.175. The van der Waals surface area contributed by atoms with Crippen molar-refractivity contribution in [3.8, 4) is 0 Å². The molecule has 1 atom stereocenters. The Labute approximate surface area is 137 Å². The van der Waals surface area contributed by atoms with Crippen LogP contribution in [-0.2, 0) is 0 Å². The average molecular weight is 316 g/mol. The van der Waals surface area contributed by atoms with E-state index in [1.54, 1.807) is 0 Å². The SMILES string of the molecule is CCN(CC)CCCN(CC)C1(CN)CSCCC1(C)C. The van der Waals surface area contributed by atoms with E-state index in [1.165, 1.54) is 37.4 Å². The van der Waals surface area contributed by atoms with Crippen molar-refractivity contribution in [1.29, 1.82) is 0 Å². The van der Waals surface area contributed by atoms with Crippen molar-refractivity contribution in [2.24, 2.45) is 11.1 Å². The molecule has 1 saturated heterocycles. The Bertz CT molecular complexity index is 292. The number of hydrogen-bond acceptors (Lipinski definition) is 4. The van der Waals surface area contributed by atoms with Gasteiger partial charge in [0, 0.05) is 24.4 Å². The summed E-state index contributed by atoms with van der Waals surface area (Å²) in [5.74, 6) is 2.47. The van der Waals surface area contributed by atoms with Gasteiger partial charge in [0.25, 0.3) is 0 Å². The molecule has 0 radical (unpaired) electrons. The maximum absolute atomic E-state index is 6.31. The molecule has 0 bridgehead atoms. The molecule has 1 aliphatic rings. The molecule has 126 valence electrons. The largest absolute Gasteiger partial charge is 0.329 e. The predicted octanol–water partition coefficient (Wildman–Crippen LogP) is 2.90. The van der Waals surface area contributed by atoms with E-state index >= 15 is 0 Å². The molecular weight excluding hydrogens is 278 g/mol. The van der Waals surface area contributed by atoms with Gasteiger partial charge in [-0.2, -0.15) is 11.8 Å². The van der Waals surface area contributed by atoms with E-state index in [0.29, 0.717) is 5.41 Å². The fraction of sp³-hybridized carbons (Fsp3) is 1.00.